The molecule has 6 heteroatoms. The van der Waals surface area contributed by atoms with Crippen molar-refractivity contribution >= 4 is 22.5 Å². The van der Waals surface area contributed by atoms with Gasteiger partial charge in [-0.15, -0.1) is 0 Å². The van der Waals surface area contributed by atoms with Crippen molar-refractivity contribution < 1.29 is 14.6 Å². The Labute approximate surface area is 157 Å². The van der Waals surface area contributed by atoms with Gasteiger partial charge in [0, 0.05) is 42.8 Å². The van der Waals surface area contributed by atoms with E-state index in [1.165, 1.54) is 11.3 Å². The molecule has 1 aliphatic rings. The Kier molecular flexibility index (Phi) is 4.49. The summed E-state index contributed by atoms with van der Waals surface area (Å²) < 4.78 is 5.20. The number of methoxy groups -OCH3 is 1. The molecule has 0 radical (unpaired) electrons. The first-order chi connectivity index (χ1) is 13.0. The van der Waals surface area contributed by atoms with E-state index < -0.39 is 6.10 Å². The van der Waals surface area contributed by atoms with Gasteiger partial charge >= 0.3 is 0 Å². The Morgan fingerprint density at radius 1 is 1.30 bits per heavy atom. The first-order valence-corrected chi connectivity index (χ1v) is 9.02. The van der Waals surface area contributed by atoms with Crippen molar-refractivity contribution in [2.24, 2.45) is 0 Å². The monoisotopic (exact) mass is 365 g/mol. The van der Waals surface area contributed by atoms with Gasteiger partial charge in [0.25, 0.3) is 5.91 Å². The molecule has 1 aromatic heterocycles. The van der Waals surface area contributed by atoms with E-state index in [4.69, 9.17) is 4.74 Å². The van der Waals surface area contributed by atoms with Crippen LogP contribution in [0.2, 0.25) is 0 Å². The third kappa shape index (κ3) is 3.36. The molecule has 3 aromatic rings. The highest BCUT2D eigenvalue weighted by atomic mass is 16.5. The van der Waals surface area contributed by atoms with E-state index in [2.05, 4.69) is 22.2 Å². The van der Waals surface area contributed by atoms with Crippen molar-refractivity contribution in [3.63, 3.8) is 0 Å². The van der Waals surface area contributed by atoms with Crippen LogP contribution in [0.1, 0.15) is 27.7 Å². The fourth-order valence-corrected chi connectivity index (χ4v) is 3.55. The molecule has 0 spiro atoms. The van der Waals surface area contributed by atoms with Gasteiger partial charge in [-0.05, 0) is 41.8 Å². The molecular weight excluding hydrogens is 342 g/mol. The fourth-order valence-electron chi connectivity index (χ4n) is 3.55. The van der Waals surface area contributed by atoms with Crippen molar-refractivity contribution in [2.45, 2.75) is 12.5 Å². The Morgan fingerprint density at radius 3 is 2.96 bits per heavy atom. The quantitative estimate of drug-likeness (QED) is 0.650. The lowest BCUT2D eigenvalue weighted by molar-refractivity contribution is 0.0912. The smallest absolute Gasteiger partial charge is 0.267 e. The summed E-state index contributed by atoms with van der Waals surface area (Å²) in [5.74, 6) is 0.485. The van der Waals surface area contributed by atoms with E-state index in [9.17, 15) is 9.90 Å². The van der Waals surface area contributed by atoms with Crippen molar-refractivity contribution in [3.05, 3.63) is 59.3 Å². The van der Waals surface area contributed by atoms with Crippen LogP contribution < -0.4 is 15.0 Å². The SMILES string of the molecule is COc1ccc2cc(C(=O)NCC(O)c3ccc4c(c3)CCN4C)[nH]c2c1. The molecule has 1 atom stereocenters. The lowest BCUT2D eigenvalue weighted by Gasteiger charge is -2.15. The molecule has 0 saturated heterocycles. The van der Waals surface area contributed by atoms with Crippen LogP contribution in [0.15, 0.2) is 42.5 Å². The summed E-state index contributed by atoms with van der Waals surface area (Å²) in [7, 11) is 3.67. The minimum atomic E-state index is -0.741. The number of fused-ring (bicyclic) bond motifs is 2. The number of aliphatic hydroxyl groups excluding tert-OH is 1. The topological polar surface area (TPSA) is 77.6 Å². The molecule has 1 aliphatic heterocycles. The number of hydrogen-bond acceptors (Lipinski definition) is 4. The zero-order chi connectivity index (χ0) is 19.0. The number of carbonyl (C=O) groups excluding carboxylic acids is 1. The number of anilines is 1. The number of aliphatic hydroxyl groups is 1. The summed E-state index contributed by atoms with van der Waals surface area (Å²) in [6.07, 6.45) is 0.242. The lowest BCUT2D eigenvalue weighted by atomic mass is 10.0. The van der Waals surface area contributed by atoms with Crippen molar-refractivity contribution in [2.75, 3.05) is 32.1 Å². The standard InChI is InChI=1S/C21H23N3O3/c1-24-8-7-14-9-15(4-6-19(14)24)20(25)12-22-21(26)18-10-13-3-5-16(27-2)11-17(13)23-18/h3-6,9-11,20,23,25H,7-8,12H2,1-2H3,(H,22,26). The first kappa shape index (κ1) is 17.4. The second-order valence-corrected chi connectivity index (χ2v) is 6.92. The van der Waals surface area contributed by atoms with Gasteiger partial charge in [-0.3, -0.25) is 4.79 Å². The van der Waals surface area contributed by atoms with Gasteiger partial charge in [-0.2, -0.15) is 0 Å². The number of ether oxygens (including phenoxy) is 1. The van der Waals surface area contributed by atoms with Gasteiger partial charge in [-0.25, -0.2) is 0 Å². The number of carbonyl (C=O) groups is 1. The van der Waals surface area contributed by atoms with Gasteiger partial charge < -0.3 is 25.0 Å². The van der Waals surface area contributed by atoms with Crippen molar-refractivity contribution in [1.29, 1.82) is 0 Å². The number of amides is 1. The minimum Gasteiger partial charge on any atom is -0.497 e. The van der Waals surface area contributed by atoms with Gasteiger partial charge in [0.1, 0.15) is 11.4 Å². The van der Waals surface area contributed by atoms with Crippen LogP contribution in [-0.2, 0) is 6.42 Å². The predicted molar refractivity (Wildman–Crippen MR) is 106 cm³/mol. The van der Waals surface area contributed by atoms with Crippen LogP contribution in [0.3, 0.4) is 0 Å². The number of nitrogens with zero attached hydrogens (tertiary/aromatic N) is 1. The van der Waals surface area contributed by atoms with E-state index in [-0.39, 0.29) is 12.5 Å². The zero-order valence-corrected chi connectivity index (χ0v) is 15.5. The molecule has 27 heavy (non-hydrogen) atoms. The average molecular weight is 365 g/mol. The van der Waals surface area contributed by atoms with E-state index in [1.807, 2.05) is 36.4 Å². The summed E-state index contributed by atoms with van der Waals surface area (Å²) in [5, 5.41) is 14.2. The molecule has 0 saturated carbocycles. The summed E-state index contributed by atoms with van der Waals surface area (Å²) in [4.78, 5) is 17.7. The van der Waals surface area contributed by atoms with E-state index in [0.29, 0.717) is 5.69 Å². The van der Waals surface area contributed by atoms with E-state index in [0.717, 1.165) is 35.2 Å². The fraction of sp³-hybridized carbons (Fsp3) is 0.286. The second-order valence-electron chi connectivity index (χ2n) is 6.92. The molecular formula is C21H23N3O3. The van der Waals surface area contributed by atoms with Crippen molar-refractivity contribution in [3.8, 4) is 5.75 Å². The number of nitrogens with one attached hydrogen (secondary N) is 2. The Balaban J connectivity index is 1.43. The number of hydrogen-bond donors (Lipinski definition) is 3. The Hall–Kier alpha value is -2.99. The maximum Gasteiger partial charge on any atom is 0.267 e. The summed E-state index contributed by atoms with van der Waals surface area (Å²) in [6, 6.07) is 13.4. The van der Waals surface area contributed by atoms with Crippen molar-refractivity contribution in [1.82, 2.24) is 10.3 Å². The number of aromatic nitrogens is 1. The Morgan fingerprint density at radius 2 is 2.15 bits per heavy atom. The highest BCUT2D eigenvalue weighted by molar-refractivity contribution is 5.98. The molecule has 1 amide bonds. The highest BCUT2D eigenvalue weighted by Gasteiger charge is 2.18. The van der Waals surface area contributed by atoms with Gasteiger partial charge in [0.15, 0.2) is 0 Å². The summed E-state index contributed by atoms with van der Waals surface area (Å²) in [5.41, 5.74) is 4.57. The molecule has 3 N–H and O–H groups in total. The third-order valence-electron chi connectivity index (χ3n) is 5.15. The number of benzene rings is 2. The van der Waals surface area contributed by atoms with Crippen LogP contribution in [0, 0.1) is 0 Å². The number of rotatable bonds is 5. The number of likely N-dealkylation sites (N-methyl/N-ethyl adjacent to an activating group) is 1. The molecule has 4 rings (SSSR count). The maximum atomic E-state index is 12.4. The molecule has 0 aliphatic carbocycles. The highest BCUT2D eigenvalue weighted by Crippen LogP contribution is 2.29. The number of H-pyrrole nitrogens is 1. The molecule has 2 aromatic carbocycles. The molecule has 6 nitrogen and oxygen atoms in total. The second kappa shape index (κ2) is 6.96. The largest absolute Gasteiger partial charge is 0.497 e. The summed E-state index contributed by atoms with van der Waals surface area (Å²) in [6.45, 7) is 1.16. The zero-order valence-electron chi connectivity index (χ0n) is 15.5. The average Bonchev–Trinajstić information content (AvgIpc) is 3.28. The summed E-state index contributed by atoms with van der Waals surface area (Å²) >= 11 is 0. The van der Waals surface area contributed by atoms with Crippen LogP contribution in [0.4, 0.5) is 5.69 Å². The minimum absolute atomic E-state index is 0.159. The molecule has 0 bridgehead atoms. The van der Waals surface area contributed by atoms with Crippen LogP contribution in [-0.4, -0.2) is 43.2 Å². The molecule has 0 fully saturated rings. The predicted octanol–water partition coefficient (Wildman–Crippen LogP) is 2.63. The molecule has 140 valence electrons. The van der Waals surface area contributed by atoms with Crippen LogP contribution in [0.25, 0.3) is 10.9 Å². The van der Waals surface area contributed by atoms with Gasteiger partial charge in [0.05, 0.1) is 13.2 Å². The lowest BCUT2D eigenvalue weighted by Crippen LogP contribution is -2.28. The van der Waals surface area contributed by atoms with E-state index in [1.54, 1.807) is 13.2 Å². The first-order valence-electron chi connectivity index (χ1n) is 9.02. The van der Waals surface area contributed by atoms with Gasteiger partial charge in [-0.1, -0.05) is 12.1 Å². The normalized spacial score (nSPS) is 14.3. The number of aromatic amines is 1. The maximum absolute atomic E-state index is 12.4. The van der Waals surface area contributed by atoms with Crippen LogP contribution in [0.5, 0.6) is 5.75 Å². The molecule has 1 unspecified atom stereocenters. The van der Waals surface area contributed by atoms with Gasteiger partial charge in [0.2, 0.25) is 0 Å². The van der Waals surface area contributed by atoms with E-state index >= 15 is 0 Å². The van der Waals surface area contributed by atoms with Crippen LogP contribution >= 0.6 is 0 Å². The third-order valence-corrected chi connectivity index (χ3v) is 5.15. The molecule has 2 heterocycles. The Bertz CT molecular complexity index is 996.